The molecular weight excluding hydrogens is 413 g/mol. The van der Waals surface area contributed by atoms with Crippen molar-refractivity contribution in [3.8, 4) is 11.5 Å². The number of hydrogen-bond acceptors (Lipinski definition) is 3. The molecule has 0 spiro atoms. The van der Waals surface area contributed by atoms with Crippen LogP contribution in [0.2, 0.25) is 5.02 Å². The Bertz CT molecular complexity index is 948. The molecule has 3 rings (SSSR count). The van der Waals surface area contributed by atoms with E-state index in [0.29, 0.717) is 42.3 Å². The number of aryl methyl sites for hydroxylation is 1. The highest BCUT2D eigenvalue weighted by Gasteiger charge is 2.13. The van der Waals surface area contributed by atoms with Crippen LogP contribution in [0.4, 0.5) is 4.39 Å². The topological polar surface area (TPSA) is 30.5 Å². The molecule has 0 aliphatic heterocycles. The fourth-order valence-electron chi connectivity index (χ4n) is 3.25. The van der Waals surface area contributed by atoms with Gasteiger partial charge in [0.2, 0.25) is 0 Å². The lowest BCUT2D eigenvalue weighted by atomic mass is 10.1. The van der Waals surface area contributed by atoms with Gasteiger partial charge < -0.3 is 14.8 Å². The Morgan fingerprint density at radius 1 is 0.935 bits per heavy atom. The molecule has 0 fully saturated rings. The molecule has 31 heavy (non-hydrogen) atoms. The summed E-state index contributed by atoms with van der Waals surface area (Å²) in [6.07, 6.45) is 2.07. The zero-order valence-electron chi connectivity index (χ0n) is 18.0. The first-order chi connectivity index (χ1) is 15.0. The van der Waals surface area contributed by atoms with Crippen LogP contribution in [0.5, 0.6) is 11.5 Å². The minimum Gasteiger partial charge on any atom is -0.490 e. The lowest BCUT2D eigenvalue weighted by Crippen LogP contribution is -2.26. The molecule has 1 N–H and O–H groups in total. The van der Waals surface area contributed by atoms with Gasteiger partial charge in [-0.3, -0.25) is 0 Å². The first-order valence-electron chi connectivity index (χ1n) is 10.6. The van der Waals surface area contributed by atoms with E-state index in [2.05, 4.69) is 36.5 Å². The fourth-order valence-corrected chi connectivity index (χ4v) is 3.47. The van der Waals surface area contributed by atoms with Crippen molar-refractivity contribution in [1.29, 1.82) is 0 Å². The minimum atomic E-state index is -0.267. The van der Waals surface area contributed by atoms with E-state index < -0.39 is 0 Å². The van der Waals surface area contributed by atoms with Crippen LogP contribution in [-0.4, -0.2) is 12.6 Å². The predicted octanol–water partition coefficient (Wildman–Crippen LogP) is 6.57. The smallest absolute Gasteiger partial charge is 0.163 e. The summed E-state index contributed by atoms with van der Waals surface area (Å²) in [5.41, 5.74) is 3.18. The van der Waals surface area contributed by atoms with Crippen LogP contribution in [0.3, 0.4) is 0 Å². The van der Waals surface area contributed by atoms with Crippen LogP contribution in [-0.2, 0) is 19.6 Å². The quantitative estimate of drug-likeness (QED) is 0.365. The zero-order chi connectivity index (χ0) is 22.1. The molecular formula is C26H29ClFNO2. The van der Waals surface area contributed by atoms with E-state index in [0.717, 1.165) is 24.0 Å². The summed E-state index contributed by atoms with van der Waals surface area (Å²) in [6, 6.07) is 20.8. The third-order valence-electron chi connectivity index (χ3n) is 5.07. The molecule has 0 aromatic heterocycles. The van der Waals surface area contributed by atoms with Crippen LogP contribution in [0.25, 0.3) is 0 Å². The zero-order valence-corrected chi connectivity index (χ0v) is 18.8. The second kappa shape index (κ2) is 11.7. The normalized spacial score (nSPS) is 11.9. The molecule has 1 atom stereocenters. The molecule has 0 heterocycles. The summed E-state index contributed by atoms with van der Waals surface area (Å²) in [5, 5.41) is 4.17. The van der Waals surface area contributed by atoms with Gasteiger partial charge in [-0.2, -0.15) is 0 Å². The second-order valence-electron chi connectivity index (χ2n) is 7.54. The number of benzene rings is 3. The lowest BCUT2D eigenvalue weighted by Gasteiger charge is -2.17. The Morgan fingerprint density at radius 3 is 2.35 bits per heavy atom. The fraction of sp³-hybridized carbons (Fsp3) is 0.308. The molecule has 3 aromatic rings. The summed E-state index contributed by atoms with van der Waals surface area (Å²) >= 11 is 6.54. The van der Waals surface area contributed by atoms with E-state index in [1.165, 1.54) is 17.7 Å². The van der Waals surface area contributed by atoms with Gasteiger partial charge in [0.15, 0.2) is 11.5 Å². The Hall–Kier alpha value is -2.56. The lowest BCUT2D eigenvalue weighted by molar-refractivity contribution is 0.269. The molecule has 0 saturated carbocycles. The van der Waals surface area contributed by atoms with Crippen molar-refractivity contribution in [3.63, 3.8) is 0 Å². The summed E-state index contributed by atoms with van der Waals surface area (Å²) in [4.78, 5) is 0. The van der Waals surface area contributed by atoms with E-state index in [1.807, 2.05) is 19.1 Å². The molecule has 0 radical (unpaired) electrons. The van der Waals surface area contributed by atoms with E-state index in [4.69, 9.17) is 21.1 Å². The van der Waals surface area contributed by atoms with E-state index in [9.17, 15) is 4.39 Å². The van der Waals surface area contributed by atoms with Crippen molar-refractivity contribution in [2.45, 2.75) is 45.9 Å². The van der Waals surface area contributed by atoms with Gasteiger partial charge in [-0.15, -0.1) is 0 Å². The maximum atomic E-state index is 13.1. The number of ether oxygens (including phenoxy) is 2. The largest absolute Gasteiger partial charge is 0.490 e. The number of nitrogens with one attached hydrogen (secondary N) is 1. The van der Waals surface area contributed by atoms with Crippen LogP contribution in [0.1, 0.15) is 37.0 Å². The highest BCUT2D eigenvalue weighted by Crippen LogP contribution is 2.34. The molecule has 0 amide bonds. The van der Waals surface area contributed by atoms with Gasteiger partial charge in [0.25, 0.3) is 0 Å². The minimum absolute atomic E-state index is 0.267. The molecule has 164 valence electrons. The highest BCUT2D eigenvalue weighted by atomic mass is 35.5. The molecule has 5 heteroatoms. The standard InChI is InChI=1S/C26H29ClFNO2/c1-3-30-25-15-22(17-29-19(2)9-10-20-7-5-4-6-8-20)24(27)16-26(25)31-18-21-11-13-23(28)14-12-21/h4-8,11-16,19,29H,3,9-10,17-18H2,1-2H3. The molecule has 3 nitrogen and oxygen atoms in total. The van der Waals surface area contributed by atoms with Gasteiger partial charge in [-0.05, 0) is 61.6 Å². The summed E-state index contributed by atoms with van der Waals surface area (Å²) < 4.78 is 24.8. The first-order valence-corrected chi connectivity index (χ1v) is 11.0. The SMILES string of the molecule is CCOc1cc(CNC(C)CCc2ccccc2)c(Cl)cc1OCc1ccc(F)cc1. The highest BCUT2D eigenvalue weighted by molar-refractivity contribution is 6.31. The molecule has 0 saturated heterocycles. The third-order valence-corrected chi connectivity index (χ3v) is 5.42. The van der Waals surface area contributed by atoms with Gasteiger partial charge >= 0.3 is 0 Å². The third kappa shape index (κ3) is 7.27. The summed E-state index contributed by atoms with van der Waals surface area (Å²) in [5.74, 6) is 0.969. The van der Waals surface area contributed by atoms with Gasteiger partial charge in [-0.1, -0.05) is 54.1 Å². The number of rotatable bonds is 11. The van der Waals surface area contributed by atoms with Crippen molar-refractivity contribution < 1.29 is 13.9 Å². The maximum Gasteiger partial charge on any atom is 0.163 e. The van der Waals surface area contributed by atoms with Crippen molar-refractivity contribution in [1.82, 2.24) is 5.32 Å². The molecule has 0 bridgehead atoms. The van der Waals surface area contributed by atoms with Crippen LogP contribution < -0.4 is 14.8 Å². The Kier molecular flexibility index (Phi) is 8.74. The Labute approximate surface area is 189 Å². The molecule has 0 aliphatic rings. The van der Waals surface area contributed by atoms with E-state index in [1.54, 1.807) is 18.2 Å². The van der Waals surface area contributed by atoms with E-state index >= 15 is 0 Å². The molecule has 1 unspecified atom stereocenters. The summed E-state index contributed by atoms with van der Waals surface area (Å²) in [6.45, 7) is 5.59. The monoisotopic (exact) mass is 441 g/mol. The van der Waals surface area contributed by atoms with Crippen molar-refractivity contribution in [2.24, 2.45) is 0 Å². The number of halogens is 2. The van der Waals surface area contributed by atoms with Gasteiger partial charge in [0.05, 0.1) is 6.61 Å². The van der Waals surface area contributed by atoms with Crippen molar-refractivity contribution in [3.05, 3.63) is 94.3 Å². The molecule has 3 aromatic carbocycles. The second-order valence-corrected chi connectivity index (χ2v) is 7.95. The average Bonchev–Trinajstić information content (AvgIpc) is 2.78. The summed E-state index contributed by atoms with van der Waals surface area (Å²) in [7, 11) is 0. The predicted molar refractivity (Wildman–Crippen MR) is 124 cm³/mol. The van der Waals surface area contributed by atoms with Crippen molar-refractivity contribution >= 4 is 11.6 Å². The van der Waals surface area contributed by atoms with Crippen LogP contribution in [0.15, 0.2) is 66.7 Å². The molecule has 0 aliphatic carbocycles. The Balaban J connectivity index is 1.60. The Morgan fingerprint density at radius 2 is 1.65 bits per heavy atom. The number of hydrogen-bond donors (Lipinski definition) is 1. The van der Waals surface area contributed by atoms with Gasteiger partial charge in [0.1, 0.15) is 12.4 Å². The first kappa shape index (κ1) is 23.1. The van der Waals surface area contributed by atoms with Gasteiger partial charge in [-0.25, -0.2) is 4.39 Å². The van der Waals surface area contributed by atoms with Crippen LogP contribution in [0, 0.1) is 5.82 Å². The maximum absolute atomic E-state index is 13.1. The van der Waals surface area contributed by atoms with E-state index in [-0.39, 0.29) is 5.82 Å². The average molecular weight is 442 g/mol. The van der Waals surface area contributed by atoms with Crippen LogP contribution >= 0.6 is 11.6 Å². The van der Waals surface area contributed by atoms with Gasteiger partial charge in [0, 0.05) is 23.7 Å². The van der Waals surface area contributed by atoms with Crippen molar-refractivity contribution in [2.75, 3.05) is 6.61 Å².